The molecule has 0 bridgehead atoms. The molecule has 2 nitrogen and oxygen atoms in total. The highest BCUT2D eigenvalue weighted by Crippen LogP contribution is 2.07. The molecule has 1 unspecified atom stereocenters. The van der Waals surface area contributed by atoms with Gasteiger partial charge in [0.15, 0.2) is 0 Å². The quantitative estimate of drug-likeness (QED) is 0.798. The predicted octanol–water partition coefficient (Wildman–Crippen LogP) is 2.55. The van der Waals surface area contributed by atoms with E-state index in [4.69, 9.17) is 5.73 Å². The molecule has 16 heavy (non-hydrogen) atoms. The summed E-state index contributed by atoms with van der Waals surface area (Å²) in [4.78, 5) is 2.36. The molecule has 0 heterocycles. The molecule has 1 aromatic rings. The number of hydrogen-bond acceptors (Lipinski definition) is 2. The zero-order valence-corrected chi connectivity index (χ0v) is 10.7. The van der Waals surface area contributed by atoms with Crippen LogP contribution in [0.4, 0.5) is 0 Å². The van der Waals surface area contributed by atoms with Crippen molar-refractivity contribution in [2.24, 2.45) is 5.73 Å². The van der Waals surface area contributed by atoms with E-state index in [0.717, 1.165) is 19.5 Å². The van der Waals surface area contributed by atoms with Gasteiger partial charge in [-0.2, -0.15) is 0 Å². The Labute approximate surface area is 99.5 Å². The molecule has 1 rings (SSSR count). The van der Waals surface area contributed by atoms with Gasteiger partial charge in [0.1, 0.15) is 0 Å². The Morgan fingerprint density at radius 1 is 1.38 bits per heavy atom. The summed E-state index contributed by atoms with van der Waals surface area (Å²) in [6, 6.07) is 9.03. The molecule has 0 saturated carbocycles. The summed E-state index contributed by atoms with van der Waals surface area (Å²) < 4.78 is 0. The lowest BCUT2D eigenvalue weighted by Crippen LogP contribution is -2.22. The maximum absolute atomic E-state index is 5.73. The zero-order chi connectivity index (χ0) is 12.0. The fraction of sp³-hybridized carbons (Fsp3) is 0.571. The van der Waals surface area contributed by atoms with Crippen molar-refractivity contribution < 1.29 is 0 Å². The molecule has 0 amide bonds. The Balaban J connectivity index is 2.31. The van der Waals surface area contributed by atoms with Gasteiger partial charge >= 0.3 is 0 Å². The number of nitrogens with zero attached hydrogens (tertiary/aromatic N) is 1. The van der Waals surface area contributed by atoms with Gasteiger partial charge in [-0.05, 0) is 45.8 Å². The maximum atomic E-state index is 5.73. The lowest BCUT2D eigenvalue weighted by molar-refractivity contribution is 0.315. The summed E-state index contributed by atoms with van der Waals surface area (Å²) in [5, 5.41) is 0. The van der Waals surface area contributed by atoms with Crippen molar-refractivity contribution in [1.82, 2.24) is 4.90 Å². The number of hydrogen-bond donors (Lipinski definition) is 1. The van der Waals surface area contributed by atoms with Crippen molar-refractivity contribution >= 4 is 0 Å². The van der Waals surface area contributed by atoms with E-state index in [0.29, 0.717) is 6.04 Å². The molecule has 0 fully saturated rings. The zero-order valence-electron chi connectivity index (χ0n) is 10.7. The van der Waals surface area contributed by atoms with Gasteiger partial charge in [-0.25, -0.2) is 0 Å². The molecule has 2 heteroatoms. The standard InChI is InChI=1S/C14H24N2/c1-12-6-4-8-14(10-12)11-16(3)9-5-7-13(2)15/h4,6,8,10,13H,5,7,9,11,15H2,1-3H3. The van der Waals surface area contributed by atoms with Crippen molar-refractivity contribution in [2.45, 2.75) is 39.3 Å². The molecule has 0 aliphatic rings. The average Bonchev–Trinajstić information content (AvgIpc) is 2.16. The van der Waals surface area contributed by atoms with Gasteiger partial charge in [0.25, 0.3) is 0 Å². The Hall–Kier alpha value is -0.860. The van der Waals surface area contributed by atoms with Gasteiger partial charge in [0.05, 0.1) is 0 Å². The maximum Gasteiger partial charge on any atom is 0.0230 e. The molecule has 0 saturated heterocycles. The second-order valence-corrected chi connectivity index (χ2v) is 4.85. The van der Waals surface area contributed by atoms with Crippen LogP contribution >= 0.6 is 0 Å². The predicted molar refractivity (Wildman–Crippen MR) is 70.4 cm³/mol. The van der Waals surface area contributed by atoms with Crippen molar-refractivity contribution in [3.63, 3.8) is 0 Å². The first kappa shape index (κ1) is 13.2. The third-order valence-corrected chi connectivity index (χ3v) is 2.73. The third kappa shape index (κ3) is 5.29. The summed E-state index contributed by atoms with van der Waals surface area (Å²) in [6.45, 7) is 6.36. The number of benzene rings is 1. The molecule has 90 valence electrons. The highest BCUT2D eigenvalue weighted by atomic mass is 15.1. The monoisotopic (exact) mass is 220 g/mol. The van der Waals surface area contributed by atoms with E-state index in [1.165, 1.54) is 17.5 Å². The molecular formula is C14H24N2. The molecule has 0 radical (unpaired) electrons. The summed E-state index contributed by atoms with van der Waals surface area (Å²) in [5.74, 6) is 0. The molecule has 1 atom stereocenters. The largest absolute Gasteiger partial charge is 0.328 e. The second-order valence-electron chi connectivity index (χ2n) is 4.85. The Morgan fingerprint density at radius 3 is 2.75 bits per heavy atom. The third-order valence-electron chi connectivity index (χ3n) is 2.73. The van der Waals surface area contributed by atoms with Gasteiger partial charge in [-0.1, -0.05) is 29.8 Å². The molecule has 0 spiro atoms. The lowest BCUT2D eigenvalue weighted by atomic mass is 10.1. The summed E-state index contributed by atoms with van der Waals surface area (Å²) in [7, 11) is 2.17. The van der Waals surface area contributed by atoms with Crippen LogP contribution in [0.1, 0.15) is 30.9 Å². The van der Waals surface area contributed by atoms with Crippen LogP contribution in [0.15, 0.2) is 24.3 Å². The van der Waals surface area contributed by atoms with Gasteiger partial charge in [-0.3, -0.25) is 0 Å². The lowest BCUT2D eigenvalue weighted by Gasteiger charge is -2.17. The van der Waals surface area contributed by atoms with Crippen LogP contribution < -0.4 is 5.73 Å². The van der Waals surface area contributed by atoms with E-state index in [9.17, 15) is 0 Å². The fourth-order valence-electron chi connectivity index (χ4n) is 1.88. The molecule has 0 aromatic heterocycles. The van der Waals surface area contributed by atoms with Crippen LogP contribution in [-0.2, 0) is 6.54 Å². The minimum absolute atomic E-state index is 0.326. The van der Waals surface area contributed by atoms with Gasteiger partial charge in [0, 0.05) is 12.6 Å². The Kier molecular flexibility index (Phi) is 5.50. The van der Waals surface area contributed by atoms with Gasteiger partial charge in [0.2, 0.25) is 0 Å². The Morgan fingerprint density at radius 2 is 2.12 bits per heavy atom. The van der Waals surface area contributed by atoms with Crippen LogP contribution in [-0.4, -0.2) is 24.5 Å². The van der Waals surface area contributed by atoms with Crippen LogP contribution in [0, 0.1) is 6.92 Å². The molecule has 0 aliphatic carbocycles. The number of rotatable bonds is 6. The number of aryl methyl sites for hydroxylation is 1. The first-order valence-corrected chi connectivity index (χ1v) is 6.07. The van der Waals surface area contributed by atoms with Crippen LogP contribution in [0.3, 0.4) is 0 Å². The van der Waals surface area contributed by atoms with Crippen molar-refractivity contribution in [3.05, 3.63) is 35.4 Å². The SMILES string of the molecule is Cc1cccc(CN(C)CCCC(C)N)c1. The fourth-order valence-corrected chi connectivity index (χ4v) is 1.88. The van der Waals surface area contributed by atoms with Crippen LogP contribution in [0.2, 0.25) is 0 Å². The summed E-state index contributed by atoms with van der Waals surface area (Å²) >= 11 is 0. The first-order chi connectivity index (χ1) is 7.58. The van der Waals surface area contributed by atoms with Gasteiger partial charge in [-0.15, -0.1) is 0 Å². The summed E-state index contributed by atoms with van der Waals surface area (Å²) in [5.41, 5.74) is 8.46. The smallest absolute Gasteiger partial charge is 0.0230 e. The van der Waals surface area contributed by atoms with E-state index in [1.807, 2.05) is 0 Å². The van der Waals surface area contributed by atoms with Crippen molar-refractivity contribution in [3.8, 4) is 0 Å². The van der Waals surface area contributed by atoms with E-state index < -0.39 is 0 Å². The van der Waals surface area contributed by atoms with E-state index in [-0.39, 0.29) is 0 Å². The van der Waals surface area contributed by atoms with E-state index in [2.05, 4.69) is 50.1 Å². The van der Waals surface area contributed by atoms with Crippen LogP contribution in [0.25, 0.3) is 0 Å². The van der Waals surface area contributed by atoms with Gasteiger partial charge < -0.3 is 10.6 Å². The Bertz CT molecular complexity index is 307. The second kappa shape index (κ2) is 6.66. The molecule has 1 aromatic carbocycles. The van der Waals surface area contributed by atoms with Crippen molar-refractivity contribution in [2.75, 3.05) is 13.6 Å². The highest BCUT2D eigenvalue weighted by Gasteiger charge is 2.01. The minimum Gasteiger partial charge on any atom is -0.328 e. The highest BCUT2D eigenvalue weighted by molar-refractivity contribution is 5.21. The van der Waals surface area contributed by atoms with E-state index in [1.54, 1.807) is 0 Å². The average molecular weight is 220 g/mol. The number of nitrogens with two attached hydrogens (primary N) is 1. The van der Waals surface area contributed by atoms with Crippen molar-refractivity contribution in [1.29, 1.82) is 0 Å². The van der Waals surface area contributed by atoms with Crippen LogP contribution in [0.5, 0.6) is 0 Å². The first-order valence-electron chi connectivity index (χ1n) is 6.07. The molecule has 0 aliphatic heterocycles. The minimum atomic E-state index is 0.326. The molecular weight excluding hydrogens is 196 g/mol. The topological polar surface area (TPSA) is 29.3 Å². The normalized spacial score (nSPS) is 13.1. The summed E-state index contributed by atoms with van der Waals surface area (Å²) in [6.07, 6.45) is 2.29. The van der Waals surface area contributed by atoms with E-state index >= 15 is 0 Å². The molecule has 2 N–H and O–H groups in total.